The molecule has 1 aromatic carbocycles. The van der Waals surface area contributed by atoms with Crippen molar-refractivity contribution in [3.63, 3.8) is 0 Å². The summed E-state index contributed by atoms with van der Waals surface area (Å²) >= 11 is 0. The molecule has 8 heteroatoms. The molecule has 1 N–H and O–H groups in total. The lowest BCUT2D eigenvalue weighted by Gasteiger charge is -2.29. The maximum atomic E-state index is 12.2. The second kappa shape index (κ2) is 8.59. The molecule has 160 valence electrons. The predicted molar refractivity (Wildman–Crippen MR) is 118 cm³/mol. The van der Waals surface area contributed by atoms with Gasteiger partial charge in [-0.3, -0.25) is 5.32 Å². The molecule has 0 saturated carbocycles. The molecule has 1 aliphatic rings. The zero-order valence-electron chi connectivity index (χ0n) is 18.1. The van der Waals surface area contributed by atoms with Crippen molar-refractivity contribution in [2.24, 2.45) is 0 Å². The fourth-order valence-electron chi connectivity index (χ4n) is 3.43. The molecule has 1 amide bonds. The number of rotatable bonds is 4. The number of anilines is 2. The largest absolute Gasteiger partial charge is 0.429 e. The lowest BCUT2D eigenvalue weighted by Crippen LogP contribution is -2.31. The van der Waals surface area contributed by atoms with Crippen molar-refractivity contribution < 1.29 is 13.9 Å². The van der Waals surface area contributed by atoms with Gasteiger partial charge in [0.1, 0.15) is 12.1 Å². The normalized spacial score (nSPS) is 14.0. The van der Waals surface area contributed by atoms with Crippen molar-refractivity contribution in [1.29, 1.82) is 0 Å². The highest BCUT2D eigenvalue weighted by atomic mass is 16.6. The quantitative estimate of drug-likeness (QED) is 0.656. The summed E-state index contributed by atoms with van der Waals surface area (Å²) in [5.41, 5.74) is 5.94. The molecule has 0 unspecified atom stereocenters. The number of hydrogen-bond donors (Lipinski definition) is 1. The number of hydrogen-bond acceptors (Lipinski definition) is 7. The van der Waals surface area contributed by atoms with E-state index < -0.39 is 6.09 Å². The molecule has 3 heterocycles. The summed E-state index contributed by atoms with van der Waals surface area (Å²) in [6.07, 6.45) is 3.28. The molecule has 0 fully saturated rings. The molecule has 0 atom stereocenters. The van der Waals surface area contributed by atoms with Crippen LogP contribution in [0.25, 0.3) is 5.57 Å². The summed E-state index contributed by atoms with van der Waals surface area (Å²) in [7, 11) is 0. The highest BCUT2D eigenvalue weighted by Crippen LogP contribution is 2.30. The smallest absolute Gasteiger partial charge is 0.418 e. The van der Waals surface area contributed by atoms with E-state index in [1.165, 1.54) is 17.5 Å². The molecule has 2 aromatic heterocycles. The molecule has 31 heavy (non-hydrogen) atoms. The van der Waals surface area contributed by atoms with Crippen LogP contribution in [-0.4, -0.2) is 34.1 Å². The molecule has 0 spiro atoms. The standard InChI is InChI=1S/C23H25N5O3/c1-14-9-10-28(22-26-16(3)17(4)30-22)12-20(14)18-5-7-19(8-6-18)27-23(29)31-21-15(2)11-24-13-25-21/h5-8,11,13H,9-10,12H2,1-4H3,(H,27,29). The molecule has 0 aliphatic carbocycles. The van der Waals surface area contributed by atoms with Gasteiger partial charge in [-0.2, -0.15) is 4.98 Å². The van der Waals surface area contributed by atoms with Gasteiger partial charge in [0, 0.05) is 30.5 Å². The maximum Gasteiger partial charge on any atom is 0.418 e. The molecule has 0 bridgehead atoms. The first-order chi connectivity index (χ1) is 14.9. The van der Waals surface area contributed by atoms with Crippen LogP contribution in [0.2, 0.25) is 0 Å². The van der Waals surface area contributed by atoms with E-state index in [-0.39, 0.29) is 5.88 Å². The van der Waals surface area contributed by atoms with Gasteiger partial charge in [0.15, 0.2) is 0 Å². The third-order valence-electron chi connectivity index (χ3n) is 5.42. The van der Waals surface area contributed by atoms with Crippen LogP contribution in [0.4, 0.5) is 16.5 Å². The third kappa shape index (κ3) is 4.58. The van der Waals surface area contributed by atoms with Crippen LogP contribution >= 0.6 is 0 Å². The second-order valence-corrected chi connectivity index (χ2v) is 7.67. The number of carbonyl (C=O) groups is 1. The van der Waals surface area contributed by atoms with Gasteiger partial charge in [0.25, 0.3) is 6.01 Å². The Kier molecular flexibility index (Phi) is 5.70. The Morgan fingerprint density at radius 1 is 1.16 bits per heavy atom. The lowest BCUT2D eigenvalue weighted by molar-refractivity contribution is 0.213. The number of benzene rings is 1. The Balaban J connectivity index is 1.44. The Bertz CT molecular complexity index is 1110. The van der Waals surface area contributed by atoms with Gasteiger partial charge in [-0.15, -0.1) is 0 Å². The number of ether oxygens (including phenoxy) is 1. The van der Waals surface area contributed by atoms with Crippen LogP contribution in [-0.2, 0) is 0 Å². The Morgan fingerprint density at radius 2 is 1.94 bits per heavy atom. The summed E-state index contributed by atoms with van der Waals surface area (Å²) in [5.74, 6) is 1.09. The Morgan fingerprint density at radius 3 is 2.61 bits per heavy atom. The number of aromatic nitrogens is 3. The molecule has 0 saturated heterocycles. The Labute approximate surface area is 181 Å². The first-order valence-corrected chi connectivity index (χ1v) is 10.1. The predicted octanol–water partition coefficient (Wildman–Crippen LogP) is 4.68. The molecule has 4 rings (SSSR count). The van der Waals surface area contributed by atoms with E-state index in [0.717, 1.165) is 36.5 Å². The van der Waals surface area contributed by atoms with Gasteiger partial charge >= 0.3 is 6.09 Å². The molecular weight excluding hydrogens is 394 g/mol. The summed E-state index contributed by atoms with van der Waals surface area (Å²) in [6.45, 7) is 9.43. The van der Waals surface area contributed by atoms with Gasteiger partial charge in [-0.1, -0.05) is 17.7 Å². The molecule has 0 radical (unpaired) electrons. The van der Waals surface area contributed by atoms with Gasteiger partial charge in [0.2, 0.25) is 5.88 Å². The number of carbonyl (C=O) groups excluding carboxylic acids is 1. The zero-order chi connectivity index (χ0) is 22.0. The number of amides is 1. The molecular formula is C23H25N5O3. The molecule has 3 aromatic rings. The van der Waals surface area contributed by atoms with E-state index in [2.05, 4.69) is 32.1 Å². The van der Waals surface area contributed by atoms with Crippen molar-refractivity contribution in [2.75, 3.05) is 23.3 Å². The average Bonchev–Trinajstić information content (AvgIpc) is 3.09. The summed E-state index contributed by atoms with van der Waals surface area (Å²) in [5, 5.41) is 2.73. The maximum absolute atomic E-state index is 12.2. The van der Waals surface area contributed by atoms with Crippen molar-refractivity contribution in [3.8, 4) is 5.88 Å². The summed E-state index contributed by atoms with van der Waals surface area (Å²) in [6, 6.07) is 8.39. The van der Waals surface area contributed by atoms with Gasteiger partial charge < -0.3 is 14.1 Å². The minimum absolute atomic E-state index is 0.240. The number of nitrogens with one attached hydrogen (secondary N) is 1. The van der Waals surface area contributed by atoms with E-state index in [1.54, 1.807) is 13.1 Å². The van der Waals surface area contributed by atoms with Crippen LogP contribution in [0, 0.1) is 20.8 Å². The number of nitrogens with zero attached hydrogens (tertiary/aromatic N) is 4. The molecule has 1 aliphatic heterocycles. The minimum Gasteiger partial charge on any atom is -0.429 e. The first-order valence-electron chi connectivity index (χ1n) is 10.1. The van der Waals surface area contributed by atoms with Gasteiger partial charge in [-0.05, 0) is 57.4 Å². The van der Waals surface area contributed by atoms with Crippen LogP contribution in [0.1, 0.15) is 35.9 Å². The SMILES string of the molecule is CC1=C(c2ccc(NC(=O)Oc3ncncc3C)cc2)CN(c2nc(C)c(C)o2)CC1. The van der Waals surface area contributed by atoms with Crippen molar-refractivity contribution >= 4 is 23.4 Å². The van der Waals surface area contributed by atoms with Crippen molar-refractivity contribution in [3.05, 3.63) is 64.9 Å². The highest BCUT2D eigenvalue weighted by Gasteiger charge is 2.22. The third-order valence-corrected chi connectivity index (χ3v) is 5.42. The van der Waals surface area contributed by atoms with E-state index in [9.17, 15) is 4.79 Å². The highest BCUT2D eigenvalue weighted by molar-refractivity contribution is 5.86. The average molecular weight is 419 g/mol. The van der Waals surface area contributed by atoms with Crippen LogP contribution < -0.4 is 15.0 Å². The topological polar surface area (TPSA) is 93.4 Å². The van der Waals surface area contributed by atoms with E-state index in [1.807, 2.05) is 38.1 Å². The monoisotopic (exact) mass is 419 g/mol. The fraction of sp³-hybridized carbons (Fsp3) is 0.304. The fourth-order valence-corrected chi connectivity index (χ4v) is 3.43. The van der Waals surface area contributed by atoms with E-state index in [0.29, 0.717) is 17.3 Å². The second-order valence-electron chi connectivity index (χ2n) is 7.67. The van der Waals surface area contributed by atoms with E-state index in [4.69, 9.17) is 9.15 Å². The summed E-state index contributed by atoms with van der Waals surface area (Å²) in [4.78, 5) is 26.7. The summed E-state index contributed by atoms with van der Waals surface area (Å²) < 4.78 is 11.1. The van der Waals surface area contributed by atoms with Crippen molar-refractivity contribution in [2.45, 2.75) is 34.1 Å². The van der Waals surface area contributed by atoms with Crippen LogP contribution in [0.5, 0.6) is 5.88 Å². The lowest BCUT2D eigenvalue weighted by atomic mass is 9.95. The number of oxazole rings is 1. The molecule has 8 nitrogen and oxygen atoms in total. The number of aryl methyl sites for hydroxylation is 3. The van der Waals surface area contributed by atoms with Crippen LogP contribution in [0.3, 0.4) is 0 Å². The van der Waals surface area contributed by atoms with E-state index >= 15 is 0 Å². The Hall–Kier alpha value is -3.68. The van der Waals surface area contributed by atoms with Crippen molar-refractivity contribution in [1.82, 2.24) is 15.0 Å². The minimum atomic E-state index is -0.594. The van der Waals surface area contributed by atoms with Gasteiger partial charge in [0.05, 0.1) is 5.69 Å². The zero-order valence-corrected chi connectivity index (χ0v) is 18.1. The van der Waals surface area contributed by atoms with Crippen LogP contribution in [0.15, 0.2) is 46.8 Å². The first kappa shape index (κ1) is 20.6. The van der Waals surface area contributed by atoms with Gasteiger partial charge in [-0.25, -0.2) is 14.8 Å².